The van der Waals surface area contributed by atoms with Crippen LogP contribution in [0.3, 0.4) is 0 Å². The Kier molecular flexibility index (Phi) is 5.52. The van der Waals surface area contributed by atoms with E-state index in [9.17, 15) is 9.59 Å². The predicted molar refractivity (Wildman–Crippen MR) is 78.3 cm³/mol. The van der Waals surface area contributed by atoms with Crippen molar-refractivity contribution in [1.82, 2.24) is 0 Å². The summed E-state index contributed by atoms with van der Waals surface area (Å²) in [4.78, 5) is 23.7. The molecule has 0 N–H and O–H groups in total. The first-order valence-electron chi connectivity index (χ1n) is 6.51. The van der Waals surface area contributed by atoms with Gasteiger partial charge in [-0.15, -0.1) is 0 Å². The molecule has 0 fully saturated rings. The lowest BCUT2D eigenvalue weighted by molar-refractivity contribution is -0.148. The lowest BCUT2D eigenvalue weighted by Crippen LogP contribution is -2.29. The van der Waals surface area contributed by atoms with Gasteiger partial charge in [-0.25, -0.2) is 4.79 Å². The Bertz CT molecular complexity index is 517. The van der Waals surface area contributed by atoms with E-state index in [0.29, 0.717) is 0 Å². The van der Waals surface area contributed by atoms with Crippen LogP contribution in [0.4, 0.5) is 0 Å². The van der Waals surface area contributed by atoms with Crippen LogP contribution in [0, 0.1) is 0 Å². The van der Waals surface area contributed by atoms with E-state index in [1.807, 2.05) is 0 Å². The zero-order chi connectivity index (χ0) is 16.0. The predicted octanol–water partition coefficient (Wildman–Crippen LogP) is 2.45. The standard InChI is InChI=1S/C16H20O5/c1-6-8-19-14-11(10-12(17)21-16(3,4)5)13(18)15(14)20-9-7-2/h6-7,10H,1-2,8-9H2,3-5H3/b11-10-. The van der Waals surface area contributed by atoms with Gasteiger partial charge < -0.3 is 14.2 Å². The number of rotatable bonds is 7. The van der Waals surface area contributed by atoms with Gasteiger partial charge in [0.15, 0.2) is 5.76 Å². The van der Waals surface area contributed by atoms with Crippen molar-refractivity contribution in [2.45, 2.75) is 26.4 Å². The summed E-state index contributed by atoms with van der Waals surface area (Å²) < 4.78 is 15.7. The number of hydrogen-bond donors (Lipinski definition) is 0. The van der Waals surface area contributed by atoms with Crippen LogP contribution in [0.2, 0.25) is 0 Å². The van der Waals surface area contributed by atoms with E-state index in [2.05, 4.69) is 13.2 Å². The molecule has 5 heteroatoms. The van der Waals surface area contributed by atoms with Gasteiger partial charge >= 0.3 is 5.97 Å². The van der Waals surface area contributed by atoms with Crippen LogP contribution in [0.1, 0.15) is 20.8 Å². The van der Waals surface area contributed by atoms with Crippen molar-refractivity contribution < 1.29 is 23.8 Å². The maximum atomic E-state index is 11.9. The molecule has 1 aliphatic rings. The van der Waals surface area contributed by atoms with Crippen molar-refractivity contribution in [1.29, 1.82) is 0 Å². The van der Waals surface area contributed by atoms with Gasteiger partial charge in [-0.3, -0.25) is 4.79 Å². The molecule has 0 saturated heterocycles. The fourth-order valence-corrected chi connectivity index (χ4v) is 1.53. The van der Waals surface area contributed by atoms with Crippen molar-refractivity contribution >= 4 is 11.8 Å². The summed E-state index contributed by atoms with van der Waals surface area (Å²) in [6.07, 6.45) is 4.17. The SMILES string of the molecule is C=CCOC1=C(OCC=C)/C(=C\C(=O)OC(C)(C)C)C1=O. The molecule has 5 nitrogen and oxygen atoms in total. The van der Waals surface area contributed by atoms with E-state index in [0.717, 1.165) is 6.08 Å². The number of ketones is 1. The van der Waals surface area contributed by atoms with Gasteiger partial charge in [0.2, 0.25) is 11.5 Å². The number of allylic oxidation sites excluding steroid dienone is 2. The van der Waals surface area contributed by atoms with Crippen molar-refractivity contribution in [3.05, 3.63) is 48.5 Å². The normalized spacial score (nSPS) is 16.3. The highest BCUT2D eigenvalue weighted by Crippen LogP contribution is 2.32. The Labute approximate surface area is 124 Å². The maximum absolute atomic E-state index is 11.9. The maximum Gasteiger partial charge on any atom is 0.332 e. The van der Waals surface area contributed by atoms with Crippen LogP contribution in [0.5, 0.6) is 0 Å². The molecule has 1 rings (SSSR count). The monoisotopic (exact) mass is 292 g/mol. The second-order valence-electron chi connectivity index (χ2n) is 5.28. The molecule has 0 amide bonds. The average molecular weight is 292 g/mol. The molecule has 0 saturated carbocycles. The molecule has 0 radical (unpaired) electrons. The Balaban J connectivity index is 2.93. The number of ether oxygens (including phenoxy) is 3. The molecule has 0 heterocycles. The Morgan fingerprint density at radius 1 is 1.10 bits per heavy atom. The summed E-state index contributed by atoms with van der Waals surface area (Å²) >= 11 is 0. The van der Waals surface area contributed by atoms with Crippen LogP contribution >= 0.6 is 0 Å². The summed E-state index contributed by atoms with van der Waals surface area (Å²) in [6, 6.07) is 0. The Morgan fingerprint density at radius 2 is 1.62 bits per heavy atom. The van der Waals surface area contributed by atoms with Gasteiger partial charge in [-0.1, -0.05) is 25.3 Å². The summed E-state index contributed by atoms with van der Waals surface area (Å²) in [5, 5.41) is 0. The molecule has 0 aromatic rings. The number of Topliss-reactive ketones (excluding diaryl/α,β-unsaturated/α-hetero) is 1. The number of esters is 1. The minimum atomic E-state index is -0.630. The Hall–Kier alpha value is -2.30. The third-order valence-corrected chi connectivity index (χ3v) is 2.26. The number of hydrogen-bond acceptors (Lipinski definition) is 5. The first-order valence-corrected chi connectivity index (χ1v) is 6.51. The van der Waals surface area contributed by atoms with Crippen LogP contribution in [-0.4, -0.2) is 30.6 Å². The van der Waals surface area contributed by atoms with Crippen molar-refractivity contribution in [3.63, 3.8) is 0 Å². The van der Waals surface area contributed by atoms with E-state index < -0.39 is 11.6 Å². The van der Waals surface area contributed by atoms with Crippen LogP contribution < -0.4 is 0 Å². The summed E-state index contributed by atoms with van der Waals surface area (Å²) in [6.45, 7) is 12.7. The highest BCUT2D eigenvalue weighted by molar-refractivity contribution is 6.19. The minimum Gasteiger partial charge on any atom is -0.485 e. The van der Waals surface area contributed by atoms with Crippen molar-refractivity contribution in [2.75, 3.05) is 13.2 Å². The lowest BCUT2D eigenvalue weighted by Gasteiger charge is -2.25. The molecule has 21 heavy (non-hydrogen) atoms. The molecular formula is C16H20O5. The molecule has 0 aliphatic heterocycles. The number of carbonyl (C=O) groups excluding carboxylic acids is 2. The summed E-state index contributed by atoms with van der Waals surface area (Å²) in [5.74, 6) is -0.658. The first-order chi connectivity index (χ1) is 9.80. The molecule has 0 atom stereocenters. The largest absolute Gasteiger partial charge is 0.485 e. The zero-order valence-electron chi connectivity index (χ0n) is 12.6. The van der Waals surface area contributed by atoms with E-state index in [-0.39, 0.29) is 36.1 Å². The van der Waals surface area contributed by atoms with Gasteiger partial charge in [0.25, 0.3) is 0 Å². The topological polar surface area (TPSA) is 61.8 Å². The fourth-order valence-electron chi connectivity index (χ4n) is 1.53. The Morgan fingerprint density at radius 3 is 2.10 bits per heavy atom. The highest BCUT2D eigenvalue weighted by Gasteiger charge is 2.38. The highest BCUT2D eigenvalue weighted by atomic mass is 16.6. The van der Waals surface area contributed by atoms with E-state index >= 15 is 0 Å². The molecule has 1 aliphatic carbocycles. The van der Waals surface area contributed by atoms with Gasteiger partial charge in [-0.2, -0.15) is 0 Å². The molecule has 0 aromatic heterocycles. The van der Waals surface area contributed by atoms with Crippen LogP contribution in [-0.2, 0) is 23.8 Å². The fraction of sp³-hybridized carbons (Fsp3) is 0.375. The molecular weight excluding hydrogens is 272 g/mol. The molecule has 114 valence electrons. The quantitative estimate of drug-likeness (QED) is 0.410. The smallest absolute Gasteiger partial charge is 0.332 e. The first kappa shape index (κ1) is 16.8. The molecule has 0 bridgehead atoms. The van der Waals surface area contributed by atoms with Crippen molar-refractivity contribution in [3.8, 4) is 0 Å². The summed E-state index contributed by atoms with van der Waals surface area (Å²) in [5.41, 5.74) is -0.486. The van der Waals surface area contributed by atoms with E-state index in [4.69, 9.17) is 14.2 Å². The van der Waals surface area contributed by atoms with Gasteiger partial charge in [-0.05, 0) is 20.8 Å². The second-order valence-corrected chi connectivity index (χ2v) is 5.28. The van der Waals surface area contributed by atoms with E-state index in [1.54, 1.807) is 20.8 Å². The second kappa shape index (κ2) is 6.92. The molecule has 0 spiro atoms. The molecule has 0 unspecified atom stereocenters. The third-order valence-electron chi connectivity index (χ3n) is 2.26. The molecule has 0 aromatic carbocycles. The van der Waals surface area contributed by atoms with Gasteiger partial charge in [0.05, 0.1) is 5.57 Å². The van der Waals surface area contributed by atoms with Crippen molar-refractivity contribution in [2.24, 2.45) is 0 Å². The third kappa shape index (κ3) is 4.63. The summed E-state index contributed by atoms with van der Waals surface area (Å²) in [7, 11) is 0. The van der Waals surface area contributed by atoms with Crippen LogP contribution in [0.25, 0.3) is 0 Å². The van der Waals surface area contributed by atoms with Gasteiger partial charge in [0.1, 0.15) is 18.8 Å². The van der Waals surface area contributed by atoms with E-state index in [1.165, 1.54) is 12.2 Å². The van der Waals surface area contributed by atoms with Gasteiger partial charge in [0, 0.05) is 6.08 Å². The lowest BCUT2D eigenvalue weighted by atomic mass is 9.95. The van der Waals surface area contributed by atoms with Crippen LogP contribution in [0.15, 0.2) is 48.5 Å². The minimum absolute atomic E-state index is 0.0894. The average Bonchev–Trinajstić information content (AvgIpc) is 2.38. The zero-order valence-corrected chi connectivity index (χ0v) is 12.6. The number of carbonyl (C=O) groups is 2.